The molecule has 0 saturated carbocycles. The number of carbonyl (C=O) groups is 2. The number of nitrogens with one attached hydrogen (secondary N) is 2. The Balaban J connectivity index is 1.36. The van der Waals surface area contributed by atoms with E-state index >= 15 is 0 Å². The average Bonchev–Trinajstić information content (AvgIpc) is 3.51. The second kappa shape index (κ2) is 9.95. The lowest BCUT2D eigenvalue weighted by molar-refractivity contribution is 0.0679. The highest BCUT2D eigenvalue weighted by atomic mass is 16.5. The van der Waals surface area contributed by atoms with Gasteiger partial charge in [-0.25, -0.2) is 0 Å². The van der Waals surface area contributed by atoms with Crippen LogP contribution in [0.5, 0.6) is 5.75 Å². The molecule has 2 N–H and O–H groups in total. The number of hydrogen-bond donors (Lipinski definition) is 2. The number of furan rings is 1. The first-order valence-electron chi connectivity index (χ1n) is 10.2. The number of hydrogen-bond acceptors (Lipinski definition) is 5. The molecule has 31 heavy (non-hydrogen) atoms. The molecule has 1 aliphatic heterocycles. The van der Waals surface area contributed by atoms with Crippen LogP contribution >= 0.6 is 0 Å². The lowest BCUT2D eigenvalue weighted by Gasteiger charge is -2.13. The molecule has 1 saturated heterocycles. The Morgan fingerprint density at radius 3 is 2.58 bits per heavy atom. The second-order valence-electron chi connectivity index (χ2n) is 7.23. The van der Waals surface area contributed by atoms with Gasteiger partial charge in [0.05, 0.1) is 30.2 Å². The van der Waals surface area contributed by atoms with Crippen LogP contribution in [0, 0.1) is 0 Å². The van der Waals surface area contributed by atoms with Gasteiger partial charge in [0.1, 0.15) is 18.1 Å². The first kappa shape index (κ1) is 20.7. The average molecular weight is 420 g/mol. The largest absolute Gasteiger partial charge is 0.491 e. The number of carbonyl (C=O) groups excluding carboxylic acids is 2. The molecular weight excluding hydrogens is 396 g/mol. The Kier molecular flexibility index (Phi) is 6.64. The van der Waals surface area contributed by atoms with Gasteiger partial charge in [-0.05, 0) is 61.4 Å². The van der Waals surface area contributed by atoms with Crippen molar-refractivity contribution in [3.63, 3.8) is 0 Å². The van der Waals surface area contributed by atoms with Crippen molar-refractivity contribution < 1.29 is 23.5 Å². The summed E-state index contributed by atoms with van der Waals surface area (Å²) in [7, 11) is 0. The van der Waals surface area contributed by atoms with Crippen LogP contribution in [0.1, 0.15) is 39.3 Å². The molecule has 3 aromatic rings. The van der Waals surface area contributed by atoms with Crippen LogP contribution in [0.3, 0.4) is 0 Å². The third-order valence-electron chi connectivity index (χ3n) is 5.00. The maximum Gasteiger partial charge on any atom is 0.255 e. The van der Waals surface area contributed by atoms with Crippen molar-refractivity contribution in [3.05, 3.63) is 83.8 Å². The standard InChI is InChI=1S/C24H24N2O5/c27-23(17-9-11-18(12-10-17)31-16-20-6-4-14-30-20)26-22-8-2-1-7-21(22)24(28)25-15-19-5-3-13-29-19/h1-3,5,7-13,20H,4,6,14-16H2,(H,25,28)(H,26,27). The summed E-state index contributed by atoms with van der Waals surface area (Å²) in [6.07, 6.45) is 3.76. The van der Waals surface area contributed by atoms with E-state index in [1.165, 1.54) is 0 Å². The zero-order valence-corrected chi connectivity index (χ0v) is 17.0. The summed E-state index contributed by atoms with van der Waals surface area (Å²) in [5.41, 5.74) is 1.28. The fourth-order valence-corrected chi connectivity index (χ4v) is 3.33. The first-order chi connectivity index (χ1) is 15.2. The van der Waals surface area contributed by atoms with E-state index in [0.29, 0.717) is 34.9 Å². The topological polar surface area (TPSA) is 89.8 Å². The minimum absolute atomic E-state index is 0.137. The zero-order chi connectivity index (χ0) is 21.5. The van der Waals surface area contributed by atoms with Gasteiger partial charge in [-0.15, -0.1) is 0 Å². The monoisotopic (exact) mass is 420 g/mol. The summed E-state index contributed by atoms with van der Waals surface area (Å²) in [4.78, 5) is 25.3. The van der Waals surface area contributed by atoms with Gasteiger partial charge < -0.3 is 24.5 Å². The zero-order valence-electron chi connectivity index (χ0n) is 17.0. The van der Waals surface area contributed by atoms with E-state index in [0.717, 1.165) is 19.4 Å². The molecule has 2 amide bonds. The van der Waals surface area contributed by atoms with E-state index in [9.17, 15) is 9.59 Å². The highest BCUT2D eigenvalue weighted by molar-refractivity contribution is 6.09. The molecule has 2 heterocycles. The van der Waals surface area contributed by atoms with Crippen molar-refractivity contribution in [1.82, 2.24) is 5.32 Å². The highest BCUT2D eigenvalue weighted by Crippen LogP contribution is 2.19. The maximum absolute atomic E-state index is 12.7. The predicted molar refractivity (Wildman–Crippen MR) is 115 cm³/mol. The molecule has 1 fully saturated rings. The summed E-state index contributed by atoms with van der Waals surface area (Å²) in [5, 5.41) is 5.60. The van der Waals surface area contributed by atoms with Crippen LogP contribution in [-0.4, -0.2) is 31.1 Å². The number of anilines is 1. The molecule has 2 aromatic carbocycles. The molecule has 0 spiro atoms. The lowest BCUT2D eigenvalue weighted by atomic mass is 10.1. The van der Waals surface area contributed by atoms with Crippen molar-refractivity contribution in [2.45, 2.75) is 25.5 Å². The molecule has 1 aromatic heterocycles. The van der Waals surface area contributed by atoms with Gasteiger partial charge in [-0.1, -0.05) is 12.1 Å². The van der Waals surface area contributed by atoms with Gasteiger partial charge in [0.15, 0.2) is 0 Å². The number of amides is 2. The van der Waals surface area contributed by atoms with Crippen LogP contribution in [0.2, 0.25) is 0 Å². The Morgan fingerprint density at radius 2 is 1.84 bits per heavy atom. The number of rotatable bonds is 8. The quantitative estimate of drug-likeness (QED) is 0.575. The van der Waals surface area contributed by atoms with Crippen LogP contribution in [0.25, 0.3) is 0 Å². The molecule has 160 valence electrons. The van der Waals surface area contributed by atoms with Gasteiger partial charge in [0.2, 0.25) is 0 Å². The number of benzene rings is 2. The van der Waals surface area contributed by atoms with Gasteiger partial charge in [-0.3, -0.25) is 9.59 Å². The molecule has 4 rings (SSSR count). The van der Waals surface area contributed by atoms with Crippen molar-refractivity contribution >= 4 is 17.5 Å². The summed E-state index contributed by atoms with van der Waals surface area (Å²) in [6.45, 7) is 1.56. The fourth-order valence-electron chi connectivity index (χ4n) is 3.33. The van der Waals surface area contributed by atoms with E-state index in [2.05, 4.69) is 10.6 Å². The van der Waals surface area contributed by atoms with E-state index < -0.39 is 0 Å². The summed E-state index contributed by atoms with van der Waals surface area (Å²) in [6, 6.07) is 17.3. The van der Waals surface area contributed by atoms with Gasteiger partial charge in [-0.2, -0.15) is 0 Å². The molecule has 1 aliphatic rings. The van der Waals surface area contributed by atoms with E-state index in [-0.39, 0.29) is 24.5 Å². The van der Waals surface area contributed by atoms with Crippen molar-refractivity contribution in [3.8, 4) is 5.75 Å². The summed E-state index contributed by atoms with van der Waals surface area (Å²) >= 11 is 0. The number of ether oxygens (including phenoxy) is 2. The van der Waals surface area contributed by atoms with E-state index in [4.69, 9.17) is 13.9 Å². The van der Waals surface area contributed by atoms with Crippen molar-refractivity contribution in [1.29, 1.82) is 0 Å². The van der Waals surface area contributed by atoms with Gasteiger partial charge >= 0.3 is 0 Å². The molecule has 0 aliphatic carbocycles. The molecule has 1 unspecified atom stereocenters. The molecule has 0 radical (unpaired) electrons. The van der Waals surface area contributed by atoms with Crippen molar-refractivity contribution in [2.24, 2.45) is 0 Å². The SMILES string of the molecule is O=C(Nc1ccccc1C(=O)NCc1ccco1)c1ccc(OCC2CCCO2)cc1. The molecular formula is C24H24N2O5. The van der Waals surface area contributed by atoms with Gasteiger partial charge in [0, 0.05) is 12.2 Å². The second-order valence-corrected chi connectivity index (χ2v) is 7.23. The van der Waals surface area contributed by atoms with Crippen LogP contribution < -0.4 is 15.4 Å². The third-order valence-corrected chi connectivity index (χ3v) is 5.00. The number of para-hydroxylation sites is 1. The molecule has 1 atom stereocenters. The first-order valence-corrected chi connectivity index (χ1v) is 10.2. The van der Waals surface area contributed by atoms with E-state index in [1.807, 2.05) is 0 Å². The third kappa shape index (κ3) is 5.52. The minimum Gasteiger partial charge on any atom is -0.491 e. The Morgan fingerprint density at radius 1 is 1.00 bits per heavy atom. The summed E-state index contributed by atoms with van der Waals surface area (Å²) in [5.74, 6) is 0.726. The molecule has 7 heteroatoms. The normalized spacial score (nSPS) is 15.4. The van der Waals surface area contributed by atoms with Crippen LogP contribution in [0.4, 0.5) is 5.69 Å². The Labute approximate surface area is 180 Å². The molecule has 0 bridgehead atoms. The van der Waals surface area contributed by atoms with Crippen molar-refractivity contribution in [2.75, 3.05) is 18.5 Å². The Bertz CT molecular complexity index is 1010. The maximum atomic E-state index is 12.7. The van der Waals surface area contributed by atoms with E-state index in [1.54, 1.807) is 66.9 Å². The Hall–Kier alpha value is -3.58. The summed E-state index contributed by atoms with van der Waals surface area (Å²) < 4.78 is 16.5. The predicted octanol–water partition coefficient (Wildman–Crippen LogP) is 4.02. The van der Waals surface area contributed by atoms with Crippen LogP contribution in [-0.2, 0) is 11.3 Å². The lowest BCUT2D eigenvalue weighted by Crippen LogP contribution is -2.24. The van der Waals surface area contributed by atoms with Crippen LogP contribution in [0.15, 0.2) is 71.3 Å². The fraction of sp³-hybridized carbons (Fsp3) is 0.250. The molecule has 7 nitrogen and oxygen atoms in total. The van der Waals surface area contributed by atoms with Gasteiger partial charge in [0.25, 0.3) is 11.8 Å². The smallest absolute Gasteiger partial charge is 0.255 e. The highest BCUT2D eigenvalue weighted by Gasteiger charge is 2.17. The minimum atomic E-state index is -0.308.